The van der Waals surface area contributed by atoms with Crippen molar-refractivity contribution in [3.63, 3.8) is 0 Å². The number of nitrogens with one attached hydrogen (secondary N) is 3. The number of nitrogens with zero attached hydrogens (tertiary/aromatic N) is 2. The Morgan fingerprint density at radius 1 is 1.22 bits per heavy atom. The lowest BCUT2D eigenvalue weighted by atomic mass is 10.3. The molecule has 0 radical (unpaired) electrons. The summed E-state index contributed by atoms with van der Waals surface area (Å²) in [6.45, 7) is 5.89. The molecule has 2 rings (SSSR count). The topological polar surface area (TPSA) is 96.0 Å². The zero-order chi connectivity index (χ0) is 17.0. The minimum absolute atomic E-state index is 0.192. The molecule has 2 aromatic rings. The van der Waals surface area contributed by atoms with Crippen molar-refractivity contribution in [3.05, 3.63) is 36.0 Å². The SMILES string of the molecule is CNS(=O)(=O)c1cccc(Nc2nc(NC(C)C)ncc2C)c1. The minimum Gasteiger partial charge on any atom is -0.352 e. The van der Waals surface area contributed by atoms with E-state index in [1.807, 2.05) is 20.8 Å². The summed E-state index contributed by atoms with van der Waals surface area (Å²) >= 11 is 0. The molecule has 0 bridgehead atoms. The Morgan fingerprint density at radius 3 is 2.61 bits per heavy atom. The van der Waals surface area contributed by atoms with Crippen LogP contribution in [0.25, 0.3) is 0 Å². The lowest BCUT2D eigenvalue weighted by molar-refractivity contribution is 0.588. The molecule has 0 amide bonds. The van der Waals surface area contributed by atoms with Gasteiger partial charge in [-0.15, -0.1) is 0 Å². The van der Waals surface area contributed by atoms with Crippen molar-refractivity contribution in [1.82, 2.24) is 14.7 Å². The Labute approximate surface area is 136 Å². The Morgan fingerprint density at radius 2 is 1.96 bits per heavy atom. The van der Waals surface area contributed by atoms with Crippen LogP contribution in [0.15, 0.2) is 35.4 Å². The van der Waals surface area contributed by atoms with Crippen LogP contribution in [0.4, 0.5) is 17.5 Å². The highest BCUT2D eigenvalue weighted by Gasteiger charge is 2.12. The van der Waals surface area contributed by atoms with E-state index in [1.54, 1.807) is 24.4 Å². The van der Waals surface area contributed by atoms with E-state index in [-0.39, 0.29) is 10.9 Å². The highest BCUT2D eigenvalue weighted by atomic mass is 32.2. The van der Waals surface area contributed by atoms with Gasteiger partial charge in [0.2, 0.25) is 16.0 Å². The van der Waals surface area contributed by atoms with Crippen molar-refractivity contribution in [3.8, 4) is 0 Å². The molecule has 0 spiro atoms. The number of sulfonamides is 1. The average Bonchev–Trinajstić information content (AvgIpc) is 2.50. The average molecular weight is 335 g/mol. The molecule has 23 heavy (non-hydrogen) atoms. The summed E-state index contributed by atoms with van der Waals surface area (Å²) in [5, 5.41) is 6.27. The number of aromatic nitrogens is 2. The molecule has 1 aromatic heterocycles. The molecule has 0 saturated heterocycles. The molecule has 0 fully saturated rings. The third kappa shape index (κ3) is 4.40. The highest BCUT2D eigenvalue weighted by Crippen LogP contribution is 2.21. The van der Waals surface area contributed by atoms with E-state index in [9.17, 15) is 8.42 Å². The molecule has 8 heteroatoms. The van der Waals surface area contributed by atoms with E-state index < -0.39 is 10.0 Å². The Hall–Kier alpha value is -2.19. The van der Waals surface area contributed by atoms with Gasteiger partial charge in [0, 0.05) is 23.5 Å². The van der Waals surface area contributed by atoms with Gasteiger partial charge in [0.15, 0.2) is 0 Å². The van der Waals surface area contributed by atoms with Gasteiger partial charge in [-0.05, 0) is 46.0 Å². The Kier molecular flexibility index (Phi) is 5.17. The van der Waals surface area contributed by atoms with Crippen molar-refractivity contribution in [1.29, 1.82) is 0 Å². The molecule has 0 aliphatic heterocycles. The fourth-order valence-corrected chi connectivity index (χ4v) is 2.67. The van der Waals surface area contributed by atoms with Crippen LogP contribution in [-0.4, -0.2) is 31.5 Å². The van der Waals surface area contributed by atoms with Crippen molar-refractivity contribution in [2.75, 3.05) is 17.7 Å². The number of aryl methyl sites for hydroxylation is 1. The smallest absolute Gasteiger partial charge is 0.240 e. The summed E-state index contributed by atoms with van der Waals surface area (Å²) in [5.74, 6) is 1.15. The predicted molar refractivity (Wildman–Crippen MR) is 91.5 cm³/mol. The third-order valence-corrected chi connectivity index (χ3v) is 4.48. The molecular formula is C15H21N5O2S. The molecule has 124 valence electrons. The maximum absolute atomic E-state index is 11.9. The fourth-order valence-electron chi connectivity index (χ4n) is 1.89. The lowest BCUT2D eigenvalue weighted by Gasteiger charge is -2.13. The summed E-state index contributed by atoms with van der Waals surface area (Å²) in [7, 11) is -2.10. The zero-order valence-electron chi connectivity index (χ0n) is 13.6. The maximum Gasteiger partial charge on any atom is 0.240 e. The highest BCUT2D eigenvalue weighted by molar-refractivity contribution is 7.89. The van der Waals surface area contributed by atoms with Crippen LogP contribution >= 0.6 is 0 Å². The van der Waals surface area contributed by atoms with Crippen LogP contribution in [-0.2, 0) is 10.0 Å². The van der Waals surface area contributed by atoms with Gasteiger partial charge in [0.05, 0.1) is 4.90 Å². The van der Waals surface area contributed by atoms with Crippen LogP contribution in [0.3, 0.4) is 0 Å². The van der Waals surface area contributed by atoms with Gasteiger partial charge in [-0.25, -0.2) is 18.1 Å². The fraction of sp³-hybridized carbons (Fsp3) is 0.333. The van der Waals surface area contributed by atoms with E-state index in [2.05, 4.69) is 25.3 Å². The number of rotatable bonds is 6. The van der Waals surface area contributed by atoms with Crippen molar-refractivity contribution in [2.24, 2.45) is 0 Å². The Balaban J connectivity index is 2.31. The van der Waals surface area contributed by atoms with Gasteiger partial charge in [0.25, 0.3) is 0 Å². The number of anilines is 3. The van der Waals surface area contributed by atoms with E-state index in [0.29, 0.717) is 17.5 Å². The van der Waals surface area contributed by atoms with Crippen LogP contribution in [0.1, 0.15) is 19.4 Å². The van der Waals surface area contributed by atoms with E-state index in [1.165, 1.54) is 13.1 Å². The number of benzene rings is 1. The molecule has 1 heterocycles. The number of hydrogen-bond donors (Lipinski definition) is 3. The monoisotopic (exact) mass is 335 g/mol. The van der Waals surface area contributed by atoms with E-state index >= 15 is 0 Å². The van der Waals surface area contributed by atoms with Crippen molar-refractivity contribution < 1.29 is 8.42 Å². The summed E-state index contributed by atoms with van der Waals surface area (Å²) < 4.78 is 26.0. The summed E-state index contributed by atoms with van der Waals surface area (Å²) in [4.78, 5) is 8.84. The maximum atomic E-state index is 11.9. The molecule has 0 aliphatic rings. The third-order valence-electron chi connectivity index (χ3n) is 3.07. The largest absolute Gasteiger partial charge is 0.352 e. The zero-order valence-corrected chi connectivity index (χ0v) is 14.4. The molecular weight excluding hydrogens is 314 g/mol. The van der Waals surface area contributed by atoms with Gasteiger partial charge in [0.1, 0.15) is 5.82 Å². The quantitative estimate of drug-likeness (QED) is 0.749. The summed E-state index contributed by atoms with van der Waals surface area (Å²) in [6.07, 6.45) is 1.72. The van der Waals surface area contributed by atoms with E-state index in [4.69, 9.17) is 0 Å². The first-order valence-corrected chi connectivity index (χ1v) is 8.71. The van der Waals surface area contributed by atoms with Crippen LogP contribution < -0.4 is 15.4 Å². The summed E-state index contributed by atoms with van der Waals surface area (Å²) in [5.41, 5.74) is 1.50. The molecule has 0 aliphatic carbocycles. The van der Waals surface area contributed by atoms with Gasteiger partial charge >= 0.3 is 0 Å². The van der Waals surface area contributed by atoms with Crippen LogP contribution in [0.2, 0.25) is 0 Å². The first-order chi connectivity index (χ1) is 10.8. The minimum atomic E-state index is -3.48. The predicted octanol–water partition coefficient (Wildman–Crippen LogP) is 2.26. The Bertz CT molecular complexity index is 790. The molecule has 0 atom stereocenters. The summed E-state index contributed by atoms with van der Waals surface area (Å²) in [6, 6.07) is 6.77. The van der Waals surface area contributed by atoms with Crippen LogP contribution in [0, 0.1) is 6.92 Å². The molecule has 0 saturated carbocycles. The van der Waals surface area contributed by atoms with Gasteiger partial charge in [-0.2, -0.15) is 4.98 Å². The van der Waals surface area contributed by atoms with Crippen molar-refractivity contribution in [2.45, 2.75) is 31.7 Å². The van der Waals surface area contributed by atoms with Gasteiger partial charge in [-0.3, -0.25) is 0 Å². The van der Waals surface area contributed by atoms with E-state index in [0.717, 1.165) is 5.56 Å². The molecule has 1 aromatic carbocycles. The first-order valence-electron chi connectivity index (χ1n) is 7.22. The molecule has 3 N–H and O–H groups in total. The van der Waals surface area contributed by atoms with Crippen LogP contribution in [0.5, 0.6) is 0 Å². The van der Waals surface area contributed by atoms with Crippen molar-refractivity contribution >= 4 is 27.5 Å². The van der Waals surface area contributed by atoms with Gasteiger partial charge < -0.3 is 10.6 Å². The lowest BCUT2D eigenvalue weighted by Crippen LogP contribution is -2.18. The molecule has 0 unspecified atom stereocenters. The van der Waals surface area contributed by atoms with Gasteiger partial charge in [-0.1, -0.05) is 6.07 Å². The number of hydrogen-bond acceptors (Lipinski definition) is 6. The molecule has 7 nitrogen and oxygen atoms in total. The normalized spacial score (nSPS) is 11.5. The second-order valence-electron chi connectivity index (χ2n) is 5.38. The second-order valence-corrected chi connectivity index (χ2v) is 7.27. The standard InChI is InChI=1S/C15H21N5O2S/c1-10(2)18-15-17-9-11(3)14(20-15)19-12-6-5-7-13(8-12)23(21,22)16-4/h5-10,16H,1-4H3,(H2,17,18,19,20). The first kappa shape index (κ1) is 17.2. The second kappa shape index (κ2) is 6.93.